The number of amides is 2. The van der Waals surface area contributed by atoms with Crippen molar-refractivity contribution in [1.82, 2.24) is 4.90 Å². The Morgan fingerprint density at radius 2 is 1.63 bits per heavy atom. The van der Waals surface area contributed by atoms with E-state index in [4.69, 9.17) is 14.7 Å². The van der Waals surface area contributed by atoms with E-state index in [1.54, 1.807) is 48.5 Å². The number of ether oxygens (including phenoxy) is 2. The van der Waals surface area contributed by atoms with E-state index < -0.39 is 23.8 Å². The largest absolute Gasteiger partial charge is 0.490 e. The third-order valence-corrected chi connectivity index (χ3v) is 4.13. The van der Waals surface area contributed by atoms with Crippen molar-refractivity contribution in [2.45, 2.75) is 13.0 Å². The van der Waals surface area contributed by atoms with Crippen molar-refractivity contribution in [3.05, 3.63) is 65.2 Å². The Labute approximate surface area is 155 Å². The number of benzene rings is 2. The van der Waals surface area contributed by atoms with Gasteiger partial charge in [0, 0.05) is 0 Å². The topological polar surface area (TPSA) is 96.7 Å². The van der Waals surface area contributed by atoms with Crippen LogP contribution in [0, 0.1) is 11.3 Å². The van der Waals surface area contributed by atoms with Crippen LogP contribution < -0.4 is 4.74 Å². The third kappa shape index (κ3) is 3.65. The van der Waals surface area contributed by atoms with Gasteiger partial charge in [-0.1, -0.05) is 12.1 Å². The van der Waals surface area contributed by atoms with Gasteiger partial charge < -0.3 is 9.47 Å². The molecule has 0 radical (unpaired) electrons. The van der Waals surface area contributed by atoms with E-state index in [2.05, 4.69) is 0 Å². The number of imide groups is 1. The van der Waals surface area contributed by atoms with Gasteiger partial charge in [0.05, 0.1) is 22.8 Å². The molecule has 0 aliphatic carbocycles. The highest BCUT2D eigenvalue weighted by Crippen LogP contribution is 2.24. The Bertz CT molecular complexity index is 895. The first-order valence-corrected chi connectivity index (χ1v) is 8.29. The molecule has 0 N–H and O–H groups in total. The molecule has 1 aliphatic rings. The minimum Gasteiger partial charge on any atom is -0.490 e. The van der Waals surface area contributed by atoms with Gasteiger partial charge >= 0.3 is 5.97 Å². The monoisotopic (exact) mass is 364 g/mol. The van der Waals surface area contributed by atoms with Gasteiger partial charge in [0.25, 0.3) is 11.8 Å². The number of carbonyl (C=O) groups excluding carboxylic acids is 3. The molecule has 0 aromatic heterocycles. The highest BCUT2D eigenvalue weighted by molar-refractivity contribution is 6.22. The summed E-state index contributed by atoms with van der Waals surface area (Å²) in [4.78, 5) is 37.9. The number of nitriles is 1. The molecule has 0 saturated carbocycles. The minimum atomic E-state index is -1.03. The zero-order valence-electron chi connectivity index (χ0n) is 14.5. The van der Waals surface area contributed by atoms with Gasteiger partial charge in [-0.05, 0) is 43.3 Å². The smallest absolute Gasteiger partial charge is 0.329 e. The van der Waals surface area contributed by atoms with Gasteiger partial charge in [-0.15, -0.1) is 0 Å². The molecule has 136 valence electrons. The Morgan fingerprint density at radius 1 is 1.04 bits per heavy atom. The predicted molar refractivity (Wildman–Crippen MR) is 94.0 cm³/mol. The maximum Gasteiger partial charge on any atom is 0.329 e. The Kier molecular flexibility index (Phi) is 5.18. The lowest BCUT2D eigenvalue weighted by molar-refractivity contribution is -0.148. The Morgan fingerprint density at radius 3 is 2.19 bits per heavy atom. The summed E-state index contributed by atoms with van der Waals surface area (Å²) in [6.07, 6.45) is 0. The van der Waals surface area contributed by atoms with Crippen molar-refractivity contribution in [2.75, 3.05) is 13.2 Å². The summed E-state index contributed by atoms with van der Waals surface area (Å²) < 4.78 is 10.5. The van der Waals surface area contributed by atoms with Gasteiger partial charge in [-0.3, -0.25) is 14.5 Å². The van der Waals surface area contributed by atoms with Crippen LogP contribution in [-0.2, 0) is 9.53 Å². The highest BCUT2D eigenvalue weighted by Gasteiger charge is 2.41. The maximum atomic E-state index is 12.4. The first-order chi connectivity index (χ1) is 13.0. The zero-order chi connectivity index (χ0) is 19.4. The summed E-state index contributed by atoms with van der Waals surface area (Å²) in [6, 6.07) is 13.9. The van der Waals surface area contributed by atoms with Crippen LogP contribution in [0.3, 0.4) is 0 Å². The van der Waals surface area contributed by atoms with Gasteiger partial charge in [0.1, 0.15) is 25.0 Å². The average Bonchev–Trinajstić information content (AvgIpc) is 2.95. The van der Waals surface area contributed by atoms with Crippen LogP contribution in [0.4, 0.5) is 0 Å². The van der Waals surface area contributed by atoms with Crippen molar-refractivity contribution >= 4 is 17.8 Å². The molecule has 0 spiro atoms. The fraction of sp³-hybridized carbons (Fsp3) is 0.200. The third-order valence-electron chi connectivity index (χ3n) is 4.13. The molecule has 1 atom stereocenters. The minimum absolute atomic E-state index is 0.0354. The molecule has 27 heavy (non-hydrogen) atoms. The van der Waals surface area contributed by atoms with Crippen LogP contribution in [-0.4, -0.2) is 41.9 Å². The van der Waals surface area contributed by atoms with Gasteiger partial charge in [-0.2, -0.15) is 5.26 Å². The molecule has 3 rings (SSSR count). The molecule has 2 aromatic rings. The molecule has 2 aromatic carbocycles. The number of hydrogen-bond acceptors (Lipinski definition) is 6. The lowest BCUT2D eigenvalue weighted by atomic mass is 10.1. The molecule has 1 aliphatic heterocycles. The number of esters is 1. The summed E-state index contributed by atoms with van der Waals surface area (Å²) in [5.41, 5.74) is 1.08. The molecule has 1 unspecified atom stereocenters. The van der Waals surface area contributed by atoms with Crippen LogP contribution >= 0.6 is 0 Å². The fourth-order valence-corrected chi connectivity index (χ4v) is 2.71. The second-order valence-corrected chi connectivity index (χ2v) is 5.85. The Hall–Kier alpha value is -3.66. The van der Waals surface area contributed by atoms with E-state index in [1.165, 1.54) is 6.92 Å². The van der Waals surface area contributed by atoms with Gasteiger partial charge in [0.15, 0.2) is 0 Å². The van der Waals surface area contributed by atoms with Crippen molar-refractivity contribution in [3.8, 4) is 11.8 Å². The lowest BCUT2D eigenvalue weighted by Crippen LogP contribution is -2.44. The second-order valence-electron chi connectivity index (χ2n) is 5.85. The lowest BCUT2D eigenvalue weighted by Gasteiger charge is -2.20. The number of fused-ring (bicyclic) bond motifs is 1. The van der Waals surface area contributed by atoms with E-state index in [0.29, 0.717) is 11.3 Å². The van der Waals surface area contributed by atoms with Gasteiger partial charge in [-0.25, -0.2) is 4.79 Å². The first-order valence-electron chi connectivity index (χ1n) is 8.29. The average molecular weight is 364 g/mol. The highest BCUT2D eigenvalue weighted by atomic mass is 16.6. The van der Waals surface area contributed by atoms with Crippen molar-refractivity contribution in [3.63, 3.8) is 0 Å². The van der Waals surface area contributed by atoms with E-state index in [0.717, 1.165) is 4.90 Å². The number of hydrogen-bond donors (Lipinski definition) is 0. The normalized spacial score (nSPS) is 13.7. The molecule has 1 heterocycles. The first kappa shape index (κ1) is 18.1. The summed E-state index contributed by atoms with van der Waals surface area (Å²) in [5, 5.41) is 8.74. The van der Waals surface area contributed by atoms with Crippen molar-refractivity contribution in [1.29, 1.82) is 5.26 Å². The molecular weight excluding hydrogens is 348 g/mol. The van der Waals surface area contributed by atoms with E-state index >= 15 is 0 Å². The van der Waals surface area contributed by atoms with Crippen molar-refractivity contribution in [2.24, 2.45) is 0 Å². The van der Waals surface area contributed by atoms with E-state index in [-0.39, 0.29) is 24.3 Å². The van der Waals surface area contributed by atoms with E-state index in [9.17, 15) is 14.4 Å². The quantitative estimate of drug-likeness (QED) is 0.443. The summed E-state index contributed by atoms with van der Waals surface area (Å²) in [6.45, 7) is 1.52. The number of nitrogens with zero attached hydrogens (tertiary/aromatic N) is 2. The van der Waals surface area contributed by atoms with Crippen LogP contribution in [0.15, 0.2) is 48.5 Å². The van der Waals surface area contributed by atoms with E-state index in [1.807, 2.05) is 6.07 Å². The van der Waals surface area contributed by atoms with Crippen LogP contribution in [0.1, 0.15) is 33.2 Å². The fourth-order valence-electron chi connectivity index (χ4n) is 2.71. The number of carbonyl (C=O) groups is 3. The molecule has 0 saturated heterocycles. The molecule has 7 nitrogen and oxygen atoms in total. The standard InChI is InChI=1S/C20H16N2O5/c1-13(22-18(23)16-4-2-3-5-17(16)19(22)24)20(25)27-11-10-26-15-8-6-14(12-21)7-9-15/h2-9,13H,10-11H2,1H3. The Balaban J connectivity index is 1.52. The van der Waals surface area contributed by atoms with Gasteiger partial charge in [0.2, 0.25) is 0 Å². The van der Waals surface area contributed by atoms with Crippen LogP contribution in [0.2, 0.25) is 0 Å². The molecule has 0 bridgehead atoms. The second kappa shape index (κ2) is 7.70. The predicted octanol–water partition coefficient (Wildman–Crippen LogP) is 2.16. The SMILES string of the molecule is CC(C(=O)OCCOc1ccc(C#N)cc1)N1C(=O)c2ccccc2C1=O. The summed E-state index contributed by atoms with van der Waals surface area (Å²) >= 11 is 0. The van der Waals surface area contributed by atoms with Crippen molar-refractivity contribution < 1.29 is 23.9 Å². The zero-order valence-corrected chi connectivity index (χ0v) is 14.5. The number of rotatable bonds is 6. The van der Waals surface area contributed by atoms with Crippen LogP contribution in [0.5, 0.6) is 5.75 Å². The summed E-state index contributed by atoms with van der Waals surface area (Å²) in [7, 11) is 0. The molecular formula is C20H16N2O5. The molecule has 2 amide bonds. The summed E-state index contributed by atoms with van der Waals surface area (Å²) in [5.74, 6) is -1.16. The maximum absolute atomic E-state index is 12.4. The van der Waals surface area contributed by atoms with Crippen LogP contribution in [0.25, 0.3) is 0 Å². The molecule has 7 heteroatoms. The molecule has 0 fully saturated rings.